The summed E-state index contributed by atoms with van der Waals surface area (Å²) in [7, 11) is 5.32. The number of carbonyl (C=O) groups is 1. The molecule has 1 aromatic rings. The van der Waals surface area contributed by atoms with Gasteiger partial charge in [-0.1, -0.05) is 0 Å². The summed E-state index contributed by atoms with van der Waals surface area (Å²) in [6.07, 6.45) is 1.64. The molecule has 1 aromatic heterocycles. The first-order chi connectivity index (χ1) is 7.65. The van der Waals surface area contributed by atoms with Gasteiger partial charge in [-0.3, -0.25) is 9.78 Å². The largest absolute Gasteiger partial charge is 0.384 e. The summed E-state index contributed by atoms with van der Waals surface area (Å²) < 4.78 is 0. The lowest BCUT2D eigenvalue weighted by Gasteiger charge is -2.11. The van der Waals surface area contributed by atoms with Crippen molar-refractivity contribution in [2.45, 2.75) is 0 Å². The number of anilines is 1. The molecule has 0 saturated heterocycles. The van der Waals surface area contributed by atoms with Crippen LogP contribution in [0.15, 0.2) is 18.3 Å². The summed E-state index contributed by atoms with van der Waals surface area (Å²) in [5.74, 6) is -0.0859. The number of nitrogens with one attached hydrogen (secondary N) is 2. The molecule has 0 atom stereocenters. The van der Waals surface area contributed by atoms with Crippen molar-refractivity contribution in [2.75, 3.05) is 39.5 Å². The van der Waals surface area contributed by atoms with Gasteiger partial charge in [0, 0.05) is 39.1 Å². The Balaban J connectivity index is 2.67. The fourth-order valence-electron chi connectivity index (χ4n) is 1.22. The van der Waals surface area contributed by atoms with Gasteiger partial charge in [0.1, 0.15) is 5.69 Å². The van der Waals surface area contributed by atoms with Gasteiger partial charge in [-0.2, -0.15) is 0 Å². The average Bonchev–Trinajstić information content (AvgIpc) is 2.29. The van der Waals surface area contributed by atoms with Crippen LogP contribution < -0.4 is 10.6 Å². The van der Waals surface area contributed by atoms with E-state index in [-0.39, 0.29) is 5.91 Å². The monoisotopic (exact) mass is 222 g/mol. The standard InChI is InChI=1S/C11H18N4O/c1-12-6-7-13-9-4-5-14-10(8-9)11(16)15(2)3/h4-5,8,12H,6-7H2,1-3H3,(H,13,14). The van der Waals surface area contributed by atoms with Crippen LogP contribution in [0.5, 0.6) is 0 Å². The van der Waals surface area contributed by atoms with Crippen LogP contribution in [0.25, 0.3) is 0 Å². The zero-order valence-electron chi connectivity index (χ0n) is 9.95. The molecule has 0 aliphatic rings. The number of nitrogens with zero attached hydrogens (tertiary/aromatic N) is 2. The van der Waals surface area contributed by atoms with Crippen LogP contribution in [0.1, 0.15) is 10.5 Å². The topological polar surface area (TPSA) is 57.3 Å². The predicted octanol–water partition coefficient (Wildman–Crippen LogP) is 0.415. The normalized spacial score (nSPS) is 9.94. The van der Waals surface area contributed by atoms with E-state index in [0.717, 1.165) is 18.8 Å². The summed E-state index contributed by atoms with van der Waals surface area (Å²) in [5.41, 5.74) is 1.37. The highest BCUT2D eigenvalue weighted by molar-refractivity contribution is 5.92. The predicted molar refractivity (Wildman–Crippen MR) is 64.7 cm³/mol. The fourth-order valence-corrected chi connectivity index (χ4v) is 1.22. The Kier molecular flexibility index (Phi) is 4.72. The average molecular weight is 222 g/mol. The van der Waals surface area contributed by atoms with E-state index in [1.165, 1.54) is 4.90 Å². The Morgan fingerprint density at radius 3 is 2.81 bits per heavy atom. The zero-order chi connectivity index (χ0) is 12.0. The lowest BCUT2D eigenvalue weighted by molar-refractivity contribution is 0.0822. The molecule has 2 N–H and O–H groups in total. The van der Waals surface area contributed by atoms with Gasteiger partial charge in [0.25, 0.3) is 5.91 Å². The van der Waals surface area contributed by atoms with Gasteiger partial charge in [-0.15, -0.1) is 0 Å². The highest BCUT2D eigenvalue weighted by Crippen LogP contribution is 2.08. The molecular weight excluding hydrogens is 204 g/mol. The number of hydrogen-bond acceptors (Lipinski definition) is 4. The van der Waals surface area contributed by atoms with Crippen LogP contribution in [0.3, 0.4) is 0 Å². The van der Waals surface area contributed by atoms with Crippen molar-refractivity contribution in [3.8, 4) is 0 Å². The van der Waals surface area contributed by atoms with E-state index in [9.17, 15) is 4.79 Å². The first-order valence-corrected chi connectivity index (χ1v) is 5.21. The molecule has 1 amide bonds. The van der Waals surface area contributed by atoms with Gasteiger partial charge in [0.15, 0.2) is 0 Å². The Morgan fingerprint density at radius 1 is 1.44 bits per heavy atom. The van der Waals surface area contributed by atoms with Crippen molar-refractivity contribution in [1.29, 1.82) is 0 Å². The van der Waals surface area contributed by atoms with Crippen LogP contribution in [0.4, 0.5) is 5.69 Å². The molecular formula is C11H18N4O. The SMILES string of the molecule is CNCCNc1ccnc(C(=O)N(C)C)c1. The summed E-state index contributed by atoms with van der Waals surface area (Å²) in [5, 5.41) is 6.25. The number of hydrogen-bond donors (Lipinski definition) is 2. The van der Waals surface area contributed by atoms with Crippen molar-refractivity contribution in [2.24, 2.45) is 0 Å². The van der Waals surface area contributed by atoms with Gasteiger partial charge in [-0.05, 0) is 19.2 Å². The first kappa shape index (κ1) is 12.4. The number of rotatable bonds is 5. The summed E-state index contributed by atoms with van der Waals surface area (Å²) in [6, 6.07) is 3.61. The maximum absolute atomic E-state index is 11.6. The van der Waals surface area contributed by atoms with Gasteiger partial charge < -0.3 is 15.5 Å². The maximum atomic E-state index is 11.6. The first-order valence-electron chi connectivity index (χ1n) is 5.21. The minimum atomic E-state index is -0.0859. The minimum absolute atomic E-state index is 0.0859. The second kappa shape index (κ2) is 6.07. The van der Waals surface area contributed by atoms with Crippen molar-refractivity contribution in [1.82, 2.24) is 15.2 Å². The minimum Gasteiger partial charge on any atom is -0.384 e. The van der Waals surface area contributed by atoms with Crippen molar-refractivity contribution in [3.05, 3.63) is 24.0 Å². The highest BCUT2D eigenvalue weighted by Gasteiger charge is 2.09. The van der Waals surface area contributed by atoms with Crippen molar-refractivity contribution < 1.29 is 4.79 Å². The molecule has 16 heavy (non-hydrogen) atoms. The number of amides is 1. The van der Waals surface area contributed by atoms with E-state index in [1.54, 1.807) is 26.4 Å². The third-order valence-electron chi connectivity index (χ3n) is 2.09. The van der Waals surface area contributed by atoms with Crippen LogP contribution in [-0.4, -0.2) is 50.0 Å². The molecule has 0 saturated carbocycles. The van der Waals surface area contributed by atoms with Crippen LogP contribution in [0.2, 0.25) is 0 Å². The van der Waals surface area contributed by atoms with Crippen molar-refractivity contribution >= 4 is 11.6 Å². The second-order valence-electron chi connectivity index (χ2n) is 3.66. The van der Waals surface area contributed by atoms with E-state index in [2.05, 4.69) is 15.6 Å². The van der Waals surface area contributed by atoms with Gasteiger partial charge in [-0.25, -0.2) is 0 Å². The van der Waals surface area contributed by atoms with E-state index < -0.39 is 0 Å². The number of pyridine rings is 1. The molecule has 0 fully saturated rings. The summed E-state index contributed by atoms with van der Waals surface area (Å²) >= 11 is 0. The molecule has 0 spiro atoms. The molecule has 0 aromatic carbocycles. The highest BCUT2D eigenvalue weighted by atomic mass is 16.2. The molecule has 0 radical (unpaired) electrons. The maximum Gasteiger partial charge on any atom is 0.272 e. The van der Waals surface area contributed by atoms with E-state index >= 15 is 0 Å². The second-order valence-corrected chi connectivity index (χ2v) is 3.66. The third-order valence-corrected chi connectivity index (χ3v) is 2.09. The zero-order valence-corrected chi connectivity index (χ0v) is 9.95. The molecule has 88 valence electrons. The fraction of sp³-hybridized carbons (Fsp3) is 0.455. The Hall–Kier alpha value is -1.62. The third kappa shape index (κ3) is 3.51. The van der Waals surface area contributed by atoms with Crippen LogP contribution >= 0.6 is 0 Å². The quantitative estimate of drug-likeness (QED) is 0.709. The molecule has 0 aliphatic heterocycles. The molecule has 0 unspecified atom stereocenters. The van der Waals surface area contributed by atoms with Crippen molar-refractivity contribution in [3.63, 3.8) is 0 Å². The van der Waals surface area contributed by atoms with Crippen LogP contribution in [-0.2, 0) is 0 Å². The van der Waals surface area contributed by atoms with Gasteiger partial charge >= 0.3 is 0 Å². The molecule has 1 rings (SSSR count). The van der Waals surface area contributed by atoms with Gasteiger partial charge in [0.2, 0.25) is 0 Å². The lowest BCUT2D eigenvalue weighted by atomic mass is 10.3. The van der Waals surface area contributed by atoms with Crippen LogP contribution in [0, 0.1) is 0 Å². The summed E-state index contributed by atoms with van der Waals surface area (Å²) in [6.45, 7) is 1.69. The molecule has 1 heterocycles. The number of likely N-dealkylation sites (N-methyl/N-ethyl adjacent to an activating group) is 1. The molecule has 0 aliphatic carbocycles. The van der Waals surface area contributed by atoms with E-state index in [1.807, 2.05) is 13.1 Å². The van der Waals surface area contributed by atoms with E-state index in [4.69, 9.17) is 0 Å². The Labute approximate surface area is 95.9 Å². The lowest BCUT2D eigenvalue weighted by Crippen LogP contribution is -2.23. The molecule has 5 nitrogen and oxygen atoms in total. The molecule has 0 bridgehead atoms. The number of aromatic nitrogens is 1. The van der Waals surface area contributed by atoms with Gasteiger partial charge in [0.05, 0.1) is 0 Å². The number of carbonyl (C=O) groups excluding carboxylic acids is 1. The Morgan fingerprint density at radius 2 is 2.19 bits per heavy atom. The van der Waals surface area contributed by atoms with E-state index in [0.29, 0.717) is 5.69 Å². The Bertz CT molecular complexity index is 352. The summed E-state index contributed by atoms with van der Waals surface area (Å²) in [4.78, 5) is 17.2. The smallest absolute Gasteiger partial charge is 0.272 e. The molecule has 5 heteroatoms.